The second-order valence-electron chi connectivity index (χ2n) is 5.88. The summed E-state index contributed by atoms with van der Waals surface area (Å²) in [4.78, 5) is 38.0. The molecular weight excluding hydrogens is 346 g/mol. The molecule has 0 atom stereocenters. The van der Waals surface area contributed by atoms with E-state index < -0.39 is 11.8 Å². The molecule has 0 aliphatic carbocycles. The summed E-state index contributed by atoms with van der Waals surface area (Å²) in [6.45, 7) is 4.11. The fourth-order valence-corrected chi connectivity index (χ4v) is 3.20. The topological polar surface area (TPSA) is 114 Å². The van der Waals surface area contributed by atoms with Gasteiger partial charge in [-0.25, -0.2) is 0 Å². The second kappa shape index (κ2) is 9.42. The normalized spacial score (nSPS) is 15.0. The van der Waals surface area contributed by atoms with Crippen LogP contribution in [0, 0.1) is 12.8 Å². The van der Waals surface area contributed by atoms with Crippen molar-refractivity contribution < 1.29 is 19.1 Å². The van der Waals surface area contributed by atoms with Crippen LogP contribution >= 0.6 is 11.5 Å². The molecule has 0 bridgehead atoms. The monoisotopic (exact) mass is 369 g/mol. The fraction of sp³-hybridized carbons (Fsp3) is 0.667. The molecule has 9 nitrogen and oxygen atoms in total. The van der Waals surface area contributed by atoms with Crippen LogP contribution in [0.3, 0.4) is 0 Å². The second-order valence-corrected chi connectivity index (χ2v) is 6.64. The zero-order chi connectivity index (χ0) is 18.2. The molecule has 0 spiro atoms. The lowest BCUT2D eigenvalue weighted by atomic mass is 9.96. The highest BCUT2D eigenvalue weighted by Gasteiger charge is 2.26. The van der Waals surface area contributed by atoms with Crippen LogP contribution in [0.25, 0.3) is 0 Å². The van der Waals surface area contributed by atoms with E-state index in [4.69, 9.17) is 4.74 Å². The summed E-state index contributed by atoms with van der Waals surface area (Å²) in [6, 6.07) is 0. The molecule has 10 heteroatoms. The molecule has 138 valence electrons. The third-order valence-corrected chi connectivity index (χ3v) is 4.91. The maximum absolute atomic E-state index is 12.4. The average Bonchev–Trinajstić information content (AvgIpc) is 3.05. The number of carbonyl (C=O) groups excluding carboxylic acids is 3. The van der Waals surface area contributed by atoms with Crippen LogP contribution < -0.4 is 10.6 Å². The molecule has 0 radical (unpaired) electrons. The zero-order valence-electron chi connectivity index (χ0n) is 14.4. The highest BCUT2D eigenvalue weighted by atomic mass is 32.1. The van der Waals surface area contributed by atoms with Crippen molar-refractivity contribution in [1.29, 1.82) is 0 Å². The molecule has 1 aliphatic heterocycles. The van der Waals surface area contributed by atoms with Crippen molar-refractivity contribution in [2.24, 2.45) is 5.92 Å². The predicted octanol–water partition coefficient (Wildman–Crippen LogP) is -0.422. The van der Waals surface area contributed by atoms with Crippen LogP contribution in [0.2, 0.25) is 0 Å². The Morgan fingerprint density at radius 2 is 1.92 bits per heavy atom. The van der Waals surface area contributed by atoms with Gasteiger partial charge in [-0.15, -0.1) is 5.10 Å². The van der Waals surface area contributed by atoms with Gasteiger partial charge in [0.05, 0.1) is 12.3 Å². The van der Waals surface area contributed by atoms with E-state index >= 15 is 0 Å². The molecule has 0 saturated carbocycles. The van der Waals surface area contributed by atoms with Crippen molar-refractivity contribution in [3.05, 3.63) is 10.6 Å². The standard InChI is InChI=1S/C15H23N5O4S/c1-10-12(25-19-18-10)15(23)20-6-3-11(4-7-20)9-17-14(22)13(21)16-5-8-24-2/h11H,3-9H2,1-2H3,(H,16,21)(H,17,22). The minimum Gasteiger partial charge on any atom is -0.383 e. The van der Waals surface area contributed by atoms with Crippen LogP contribution in [0.4, 0.5) is 0 Å². The number of carbonyl (C=O) groups is 3. The van der Waals surface area contributed by atoms with Gasteiger partial charge in [-0.1, -0.05) is 4.49 Å². The van der Waals surface area contributed by atoms with E-state index in [1.165, 1.54) is 7.11 Å². The Kier molecular flexibility index (Phi) is 7.26. The van der Waals surface area contributed by atoms with Gasteiger partial charge >= 0.3 is 11.8 Å². The first-order valence-corrected chi connectivity index (χ1v) is 8.93. The molecule has 1 aliphatic rings. The Balaban J connectivity index is 1.70. The van der Waals surface area contributed by atoms with Crippen LogP contribution in [0.1, 0.15) is 28.2 Å². The van der Waals surface area contributed by atoms with E-state index in [-0.39, 0.29) is 11.8 Å². The Hall–Kier alpha value is -2.07. The molecule has 1 fully saturated rings. The van der Waals surface area contributed by atoms with Crippen molar-refractivity contribution in [1.82, 2.24) is 25.1 Å². The number of ether oxygens (including phenoxy) is 1. The molecule has 2 N–H and O–H groups in total. The van der Waals surface area contributed by atoms with E-state index in [2.05, 4.69) is 20.2 Å². The third kappa shape index (κ3) is 5.46. The highest BCUT2D eigenvalue weighted by Crippen LogP contribution is 2.20. The number of hydrogen-bond acceptors (Lipinski definition) is 7. The SMILES string of the molecule is COCCNC(=O)C(=O)NCC1CCN(C(=O)c2snnc2C)CC1. The molecule has 2 rings (SSSR count). The van der Waals surface area contributed by atoms with Crippen molar-refractivity contribution in [2.45, 2.75) is 19.8 Å². The molecule has 0 unspecified atom stereocenters. The number of nitrogens with one attached hydrogen (secondary N) is 2. The van der Waals surface area contributed by atoms with Crippen LogP contribution in [0.5, 0.6) is 0 Å². The summed E-state index contributed by atoms with van der Waals surface area (Å²) in [5, 5.41) is 8.99. The number of aromatic nitrogens is 2. The van der Waals surface area contributed by atoms with Gasteiger partial charge in [-0.05, 0) is 37.2 Å². The maximum Gasteiger partial charge on any atom is 0.309 e. The summed E-state index contributed by atoms with van der Waals surface area (Å²) in [6.07, 6.45) is 1.56. The lowest BCUT2D eigenvalue weighted by Gasteiger charge is -2.31. The molecule has 1 aromatic rings. The number of hydrogen-bond donors (Lipinski definition) is 2. The quantitative estimate of drug-likeness (QED) is 0.520. The Labute approximate surface area is 150 Å². The number of likely N-dealkylation sites (tertiary alicyclic amines) is 1. The summed E-state index contributed by atoms with van der Waals surface area (Å²) in [5.41, 5.74) is 0.656. The van der Waals surface area contributed by atoms with E-state index in [1.54, 1.807) is 11.8 Å². The first-order chi connectivity index (χ1) is 12.0. The maximum atomic E-state index is 12.4. The van der Waals surface area contributed by atoms with Gasteiger partial charge < -0.3 is 20.3 Å². The predicted molar refractivity (Wildman–Crippen MR) is 91.2 cm³/mol. The van der Waals surface area contributed by atoms with Gasteiger partial charge in [0.25, 0.3) is 5.91 Å². The smallest absolute Gasteiger partial charge is 0.309 e. The van der Waals surface area contributed by atoms with Gasteiger partial charge in [0.1, 0.15) is 4.88 Å². The van der Waals surface area contributed by atoms with Gasteiger partial charge in [-0.2, -0.15) is 0 Å². The molecule has 1 aromatic heterocycles. The Bertz CT molecular complexity index is 613. The number of aryl methyl sites for hydroxylation is 1. The fourth-order valence-electron chi connectivity index (χ4n) is 2.58. The molecular formula is C15H23N5O4S. The minimum absolute atomic E-state index is 0.0347. The van der Waals surface area contributed by atoms with Crippen molar-refractivity contribution in [3.63, 3.8) is 0 Å². The van der Waals surface area contributed by atoms with E-state index in [1.807, 2.05) is 0 Å². The molecule has 2 heterocycles. The summed E-state index contributed by atoms with van der Waals surface area (Å²) in [7, 11) is 1.52. The van der Waals surface area contributed by atoms with Crippen LogP contribution in [-0.4, -0.2) is 72.1 Å². The third-order valence-electron chi connectivity index (χ3n) is 4.10. The molecule has 3 amide bonds. The van der Waals surface area contributed by atoms with Gasteiger partial charge in [0.15, 0.2) is 0 Å². The molecule has 25 heavy (non-hydrogen) atoms. The first kappa shape index (κ1) is 19.3. The van der Waals surface area contributed by atoms with E-state index in [0.29, 0.717) is 43.4 Å². The van der Waals surface area contributed by atoms with Crippen molar-refractivity contribution in [3.8, 4) is 0 Å². The van der Waals surface area contributed by atoms with Crippen LogP contribution in [-0.2, 0) is 14.3 Å². The number of amides is 3. The highest BCUT2D eigenvalue weighted by molar-refractivity contribution is 7.07. The van der Waals surface area contributed by atoms with Gasteiger partial charge in [0, 0.05) is 33.3 Å². The molecule has 1 saturated heterocycles. The number of piperidine rings is 1. The van der Waals surface area contributed by atoms with Gasteiger partial charge in [0.2, 0.25) is 0 Å². The largest absolute Gasteiger partial charge is 0.383 e. The minimum atomic E-state index is -0.655. The summed E-state index contributed by atoms with van der Waals surface area (Å²) in [5.74, 6) is -1.08. The lowest BCUT2D eigenvalue weighted by Crippen LogP contribution is -2.45. The molecule has 0 aromatic carbocycles. The van der Waals surface area contributed by atoms with Crippen molar-refractivity contribution >= 4 is 29.3 Å². The van der Waals surface area contributed by atoms with Crippen LogP contribution in [0.15, 0.2) is 0 Å². The summed E-state index contributed by atoms with van der Waals surface area (Å²) >= 11 is 1.11. The van der Waals surface area contributed by atoms with E-state index in [9.17, 15) is 14.4 Å². The first-order valence-electron chi connectivity index (χ1n) is 8.16. The Morgan fingerprint density at radius 3 is 2.52 bits per heavy atom. The summed E-state index contributed by atoms with van der Waals surface area (Å²) < 4.78 is 8.60. The Morgan fingerprint density at radius 1 is 1.24 bits per heavy atom. The number of nitrogens with zero attached hydrogens (tertiary/aromatic N) is 3. The number of methoxy groups -OCH3 is 1. The van der Waals surface area contributed by atoms with Gasteiger partial charge in [-0.3, -0.25) is 14.4 Å². The van der Waals surface area contributed by atoms with Crippen molar-refractivity contribution in [2.75, 3.05) is 39.9 Å². The average molecular weight is 369 g/mol. The van der Waals surface area contributed by atoms with E-state index in [0.717, 1.165) is 24.4 Å². The number of rotatable bonds is 6. The lowest BCUT2D eigenvalue weighted by molar-refractivity contribution is -0.139. The zero-order valence-corrected chi connectivity index (χ0v) is 15.2.